The predicted molar refractivity (Wildman–Crippen MR) is 87.5 cm³/mol. The number of carboxylic acids is 1. The number of carboxylic acid groups (broad SMARTS) is 1. The molecule has 0 unspecified atom stereocenters. The van der Waals surface area contributed by atoms with Gasteiger partial charge in [0.15, 0.2) is 0 Å². The Morgan fingerprint density at radius 1 is 1.30 bits per heavy atom. The highest BCUT2D eigenvalue weighted by Gasteiger charge is 2.32. The van der Waals surface area contributed by atoms with Gasteiger partial charge in [0, 0.05) is 13.5 Å². The van der Waals surface area contributed by atoms with Crippen LogP contribution in [0.3, 0.4) is 0 Å². The molecule has 0 aliphatic heterocycles. The highest BCUT2D eigenvalue weighted by molar-refractivity contribution is 5.80. The number of nitrogens with zero attached hydrogens (tertiary/aromatic N) is 1. The molecule has 1 atom stereocenters. The molecule has 23 heavy (non-hydrogen) atoms. The second-order valence-electron chi connectivity index (χ2n) is 7.12. The van der Waals surface area contributed by atoms with Gasteiger partial charge >= 0.3 is 12.1 Å². The Labute approximate surface area is 137 Å². The van der Waals surface area contributed by atoms with Gasteiger partial charge in [0.05, 0.1) is 0 Å². The average molecular weight is 319 g/mol. The molecule has 0 bridgehead atoms. The summed E-state index contributed by atoms with van der Waals surface area (Å²) < 4.78 is 5.28. The molecule has 1 aromatic carbocycles. The first-order valence-electron chi connectivity index (χ1n) is 7.95. The first-order valence-corrected chi connectivity index (χ1v) is 7.95. The topological polar surface area (TPSA) is 66.8 Å². The van der Waals surface area contributed by atoms with Crippen LogP contribution in [-0.4, -0.2) is 40.8 Å². The molecule has 0 aromatic heterocycles. The van der Waals surface area contributed by atoms with Crippen molar-refractivity contribution in [1.82, 2.24) is 4.90 Å². The van der Waals surface area contributed by atoms with Gasteiger partial charge < -0.3 is 9.84 Å². The van der Waals surface area contributed by atoms with E-state index in [9.17, 15) is 14.7 Å². The molecular formula is C18H25NO4. The summed E-state index contributed by atoms with van der Waals surface area (Å²) in [5.41, 5.74) is 1.55. The fraction of sp³-hybridized carbons (Fsp3) is 0.556. The molecule has 1 aliphatic rings. The van der Waals surface area contributed by atoms with Crippen LogP contribution in [0.15, 0.2) is 24.3 Å². The fourth-order valence-corrected chi connectivity index (χ4v) is 2.57. The van der Waals surface area contributed by atoms with E-state index in [1.54, 1.807) is 20.8 Å². The maximum atomic E-state index is 12.2. The first kappa shape index (κ1) is 17.3. The number of hydrogen-bond donors (Lipinski definition) is 1. The molecule has 2 rings (SSSR count). The van der Waals surface area contributed by atoms with E-state index in [1.807, 2.05) is 18.2 Å². The van der Waals surface area contributed by atoms with Crippen molar-refractivity contribution in [2.24, 2.45) is 0 Å². The highest BCUT2D eigenvalue weighted by Crippen LogP contribution is 2.41. The van der Waals surface area contributed by atoms with Crippen molar-refractivity contribution in [2.75, 3.05) is 7.05 Å². The molecule has 5 nitrogen and oxygen atoms in total. The third-order valence-electron chi connectivity index (χ3n) is 3.92. The van der Waals surface area contributed by atoms with Gasteiger partial charge in [0.2, 0.25) is 0 Å². The predicted octanol–water partition coefficient (Wildman–Crippen LogP) is 3.43. The van der Waals surface area contributed by atoms with Gasteiger partial charge in [-0.25, -0.2) is 9.59 Å². The molecule has 1 saturated carbocycles. The molecule has 0 saturated heterocycles. The molecule has 0 spiro atoms. The van der Waals surface area contributed by atoms with Crippen molar-refractivity contribution in [2.45, 2.75) is 57.6 Å². The van der Waals surface area contributed by atoms with Gasteiger partial charge in [0.1, 0.15) is 11.6 Å². The maximum Gasteiger partial charge on any atom is 0.410 e. The van der Waals surface area contributed by atoms with Gasteiger partial charge in [0.25, 0.3) is 0 Å². The molecule has 0 radical (unpaired) electrons. The SMILES string of the molecule is CN(C(=O)OC(C)(C)C)[C@H](Cc1ccccc1C1CC1)C(=O)O. The van der Waals surface area contributed by atoms with Crippen molar-refractivity contribution in [3.8, 4) is 0 Å². The monoisotopic (exact) mass is 319 g/mol. The van der Waals surface area contributed by atoms with E-state index in [2.05, 4.69) is 6.07 Å². The Balaban J connectivity index is 2.16. The number of amides is 1. The Bertz CT molecular complexity index is 587. The Morgan fingerprint density at radius 2 is 1.91 bits per heavy atom. The lowest BCUT2D eigenvalue weighted by atomic mass is 9.97. The summed E-state index contributed by atoms with van der Waals surface area (Å²) in [6.45, 7) is 5.28. The van der Waals surface area contributed by atoms with E-state index in [0.29, 0.717) is 5.92 Å². The third-order valence-corrected chi connectivity index (χ3v) is 3.92. The lowest BCUT2D eigenvalue weighted by molar-refractivity contribution is -0.142. The number of carbonyl (C=O) groups excluding carboxylic acids is 1. The highest BCUT2D eigenvalue weighted by atomic mass is 16.6. The number of carbonyl (C=O) groups is 2. The van der Waals surface area contributed by atoms with Crippen LogP contribution in [0.2, 0.25) is 0 Å². The van der Waals surface area contributed by atoms with Gasteiger partial charge in [-0.1, -0.05) is 24.3 Å². The largest absolute Gasteiger partial charge is 0.480 e. The normalized spacial score (nSPS) is 15.8. The van der Waals surface area contributed by atoms with E-state index in [1.165, 1.54) is 17.5 Å². The van der Waals surface area contributed by atoms with Gasteiger partial charge in [-0.15, -0.1) is 0 Å². The van der Waals surface area contributed by atoms with E-state index < -0.39 is 23.7 Å². The molecule has 1 N–H and O–H groups in total. The Hall–Kier alpha value is -2.04. The van der Waals surface area contributed by atoms with Crippen LogP contribution in [0, 0.1) is 0 Å². The number of rotatable bonds is 5. The summed E-state index contributed by atoms with van der Waals surface area (Å²) >= 11 is 0. The molecule has 1 fully saturated rings. The molecule has 126 valence electrons. The third kappa shape index (κ3) is 4.71. The van der Waals surface area contributed by atoms with Crippen LogP contribution in [-0.2, 0) is 16.0 Å². The second kappa shape index (κ2) is 6.60. The van der Waals surface area contributed by atoms with E-state index >= 15 is 0 Å². The maximum absolute atomic E-state index is 12.2. The molecule has 5 heteroatoms. The standard InChI is InChI=1S/C18H25NO4/c1-18(2,3)23-17(22)19(4)15(16(20)21)11-13-7-5-6-8-14(13)12-9-10-12/h5-8,12,15H,9-11H2,1-4H3,(H,20,21)/t15-/m1/s1. The molecule has 0 heterocycles. The molecule has 1 amide bonds. The minimum Gasteiger partial charge on any atom is -0.480 e. The Kier molecular flexibility index (Phi) is 4.97. The smallest absolute Gasteiger partial charge is 0.410 e. The summed E-state index contributed by atoms with van der Waals surface area (Å²) in [5, 5.41) is 9.55. The van der Waals surface area contributed by atoms with Crippen LogP contribution in [0.1, 0.15) is 50.7 Å². The second-order valence-corrected chi connectivity index (χ2v) is 7.12. The van der Waals surface area contributed by atoms with Crippen LogP contribution in [0.5, 0.6) is 0 Å². The summed E-state index contributed by atoms with van der Waals surface area (Å²) in [7, 11) is 1.48. The van der Waals surface area contributed by atoms with Crippen molar-refractivity contribution in [3.05, 3.63) is 35.4 Å². The fourth-order valence-electron chi connectivity index (χ4n) is 2.57. The zero-order valence-electron chi connectivity index (χ0n) is 14.2. The van der Waals surface area contributed by atoms with Gasteiger partial charge in [-0.05, 0) is 50.7 Å². The van der Waals surface area contributed by atoms with E-state index in [-0.39, 0.29) is 6.42 Å². The van der Waals surface area contributed by atoms with Gasteiger partial charge in [-0.3, -0.25) is 4.90 Å². The van der Waals surface area contributed by atoms with Crippen LogP contribution in [0.4, 0.5) is 4.79 Å². The Morgan fingerprint density at radius 3 is 2.43 bits per heavy atom. The van der Waals surface area contributed by atoms with Crippen LogP contribution < -0.4 is 0 Å². The van der Waals surface area contributed by atoms with Crippen molar-refractivity contribution in [3.63, 3.8) is 0 Å². The number of ether oxygens (including phenoxy) is 1. The first-order chi connectivity index (χ1) is 10.7. The summed E-state index contributed by atoms with van der Waals surface area (Å²) in [4.78, 5) is 25.0. The average Bonchev–Trinajstić information content (AvgIpc) is 3.26. The molecule has 1 aliphatic carbocycles. The molecule has 1 aromatic rings. The zero-order chi connectivity index (χ0) is 17.2. The number of likely N-dealkylation sites (N-methyl/N-ethyl adjacent to an activating group) is 1. The van der Waals surface area contributed by atoms with Crippen molar-refractivity contribution < 1.29 is 19.4 Å². The van der Waals surface area contributed by atoms with Crippen LogP contribution in [0.25, 0.3) is 0 Å². The van der Waals surface area contributed by atoms with Crippen LogP contribution >= 0.6 is 0 Å². The van der Waals surface area contributed by atoms with Gasteiger partial charge in [-0.2, -0.15) is 0 Å². The quantitative estimate of drug-likeness (QED) is 0.903. The van der Waals surface area contributed by atoms with E-state index in [0.717, 1.165) is 18.4 Å². The summed E-state index contributed by atoms with van der Waals surface area (Å²) in [5.74, 6) is -0.489. The minimum absolute atomic E-state index is 0.289. The summed E-state index contributed by atoms with van der Waals surface area (Å²) in [6.07, 6.45) is 1.97. The molecular weight excluding hydrogens is 294 g/mol. The summed E-state index contributed by atoms with van der Waals surface area (Å²) in [6, 6.07) is 6.95. The zero-order valence-corrected chi connectivity index (χ0v) is 14.2. The van der Waals surface area contributed by atoms with E-state index in [4.69, 9.17) is 4.74 Å². The lowest BCUT2D eigenvalue weighted by Gasteiger charge is -2.29. The minimum atomic E-state index is -1.02. The number of benzene rings is 1. The number of aliphatic carboxylic acids is 1. The number of hydrogen-bond acceptors (Lipinski definition) is 3. The lowest BCUT2D eigenvalue weighted by Crippen LogP contribution is -2.46. The van der Waals surface area contributed by atoms with Crippen molar-refractivity contribution in [1.29, 1.82) is 0 Å². The van der Waals surface area contributed by atoms with Crippen molar-refractivity contribution >= 4 is 12.1 Å².